The minimum absolute atomic E-state index is 0.125. The highest BCUT2D eigenvalue weighted by atomic mass is 28.4. The lowest BCUT2D eigenvalue weighted by atomic mass is 10.0. The van der Waals surface area contributed by atoms with E-state index in [2.05, 4.69) is 20.8 Å². The lowest BCUT2D eigenvalue weighted by molar-refractivity contribution is -0.130. The molecule has 2 amide bonds. The number of amides is 2. The summed E-state index contributed by atoms with van der Waals surface area (Å²) in [6, 6.07) is -0.659. The van der Waals surface area contributed by atoms with Gasteiger partial charge in [0.2, 0.25) is 5.91 Å². The average molecular weight is 390 g/mol. The summed E-state index contributed by atoms with van der Waals surface area (Å²) in [6.45, 7) is 14.9. The highest BCUT2D eigenvalue weighted by molar-refractivity contribution is 6.74. The van der Waals surface area contributed by atoms with Crippen LogP contribution >= 0.6 is 0 Å². The third-order valence-electron chi connectivity index (χ3n) is 5.03. The predicted molar refractivity (Wildman–Crippen MR) is 101 cm³/mol. The minimum atomic E-state index is -2.31. The molecule has 152 valence electrons. The van der Waals surface area contributed by atoms with Crippen LogP contribution in [0.15, 0.2) is 0 Å². The first-order valence-electron chi connectivity index (χ1n) is 9.12. The molecule has 1 saturated heterocycles. The van der Waals surface area contributed by atoms with Gasteiger partial charge in [0.1, 0.15) is 11.7 Å². The molecule has 7 nitrogen and oxygen atoms in total. The molecule has 0 aliphatic carbocycles. The number of imide groups is 1. The van der Waals surface area contributed by atoms with Crippen LogP contribution < -0.4 is 0 Å². The predicted octanol–water partition coefficient (Wildman–Crippen LogP) is 2.66. The smallest absolute Gasteiger partial charge is 0.417 e. The van der Waals surface area contributed by atoms with E-state index in [1.165, 1.54) is 0 Å². The number of aliphatic hydroxyl groups excluding tert-OH is 2. The SMILES string of the molecule is CC(C)(C)OC(=O)N1C(=O)CC[C@@H]1[C@H](O[Si](C)(C)C(C)(C)C)[C@H](O)CO. The summed E-state index contributed by atoms with van der Waals surface area (Å²) < 4.78 is 11.7. The highest BCUT2D eigenvalue weighted by Crippen LogP contribution is 2.39. The number of hydrogen-bond acceptors (Lipinski definition) is 6. The quantitative estimate of drug-likeness (QED) is 0.702. The standard InChI is InChI=1S/C18H35NO6Si/c1-17(2,3)24-16(23)19-12(9-10-14(19)22)15(13(21)11-20)25-26(7,8)18(4,5)6/h12-13,15,20-21H,9-11H2,1-8H3/t12-,13-,15+/m1/s1. The van der Waals surface area contributed by atoms with Gasteiger partial charge in [-0.05, 0) is 45.3 Å². The molecule has 1 aliphatic rings. The maximum absolute atomic E-state index is 12.6. The van der Waals surface area contributed by atoms with E-state index < -0.39 is 44.9 Å². The third kappa shape index (κ3) is 5.52. The van der Waals surface area contributed by atoms with Gasteiger partial charge >= 0.3 is 6.09 Å². The van der Waals surface area contributed by atoms with Crippen molar-refractivity contribution in [3.05, 3.63) is 0 Å². The lowest BCUT2D eigenvalue weighted by Crippen LogP contribution is -2.57. The van der Waals surface area contributed by atoms with Crippen molar-refractivity contribution in [2.45, 2.75) is 96.4 Å². The number of nitrogens with zero attached hydrogens (tertiary/aromatic N) is 1. The van der Waals surface area contributed by atoms with Crippen LogP contribution in [-0.2, 0) is 14.0 Å². The summed E-state index contributed by atoms with van der Waals surface area (Å²) in [5.41, 5.74) is -0.740. The topological polar surface area (TPSA) is 96.3 Å². The van der Waals surface area contributed by atoms with Crippen molar-refractivity contribution in [3.8, 4) is 0 Å². The molecular weight excluding hydrogens is 354 g/mol. The average Bonchev–Trinajstić information content (AvgIpc) is 2.82. The Balaban J connectivity index is 3.16. The highest BCUT2D eigenvalue weighted by Gasteiger charge is 2.49. The van der Waals surface area contributed by atoms with Crippen LogP contribution in [0.3, 0.4) is 0 Å². The van der Waals surface area contributed by atoms with E-state index in [4.69, 9.17) is 9.16 Å². The van der Waals surface area contributed by atoms with Crippen LogP contribution in [0.25, 0.3) is 0 Å². The second-order valence-corrected chi connectivity index (χ2v) is 14.2. The van der Waals surface area contributed by atoms with Crippen molar-refractivity contribution < 1.29 is 29.0 Å². The van der Waals surface area contributed by atoms with Gasteiger partial charge in [0.05, 0.1) is 18.8 Å². The van der Waals surface area contributed by atoms with E-state index >= 15 is 0 Å². The number of ether oxygens (including phenoxy) is 1. The number of aliphatic hydroxyl groups is 2. The Morgan fingerprint density at radius 3 is 2.23 bits per heavy atom. The van der Waals surface area contributed by atoms with E-state index in [9.17, 15) is 19.8 Å². The Morgan fingerprint density at radius 2 is 1.81 bits per heavy atom. The van der Waals surface area contributed by atoms with Crippen molar-refractivity contribution >= 4 is 20.3 Å². The van der Waals surface area contributed by atoms with E-state index in [-0.39, 0.29) is 17.4 Å². The van der Waals surface area contributed by atoms with E-state index in [1.807, 2.05) is 13.1 Å². The monoisotopic (exact) mass is 389 g/mol. The van der Waals surface area contributed by atoms with Gasteiger partial charge in [-0.1, -0.05) is 20.8 Å². The largest absolute Gasteiger partial charge is 0.443 e. The van der Waals surface area contributed by atoms with Crippen molar-refractivity contribution in [1.82, 2.24) is 4.90 Å². The minimum Gasteiger partial charge on any atom is -0.443 e. The third-order valence-corrected chi connectivity index (χ3v) is 9.50. The lowest BCUT2D eigenvalue weighted by Gasteiger charge is -2.43. The molecule has 0 saturated carbocycles. The first kappa shape index (κ1) is 23.1. The van der Waals surface area contributed by atoms with Crippen LogP contribution in [0.1, 0.15) is 54.4 Å². The summed E-state index contributed by atoms with van der Waals surface area (Å²) in [6.07, 6.45) is -2.22. The van der Waals surface area contributed by atoms with Crippen molar-refractivity contribution in [1.29, 1.82) is 0 Å². The van der Waals surface area contributed by atoms with Gasteiger partial charge < -0.3 is 19.4 Å². The van der Waals surface area contributed by atoms with Crippen molar-refractivity contribution in [2.75, 3.05) is 6.61 Å². The number of likely N-dealkylation sites (tertiary alicyclic amines) is 1. The number of carbonyl (C=O) groups excluding carboxylic acids is 2. The van der Waals surface area contributed by atoms with Crippen molar-refractivity contribution in [2.24, 2.45) is 0 Å². The van der Waals surface area contributed by atoms with Gasteiger partial charge in [-0.15, -0.1) is 0 Å². The van der Waals surface area contributed by atoms with Gasteiger partial charge in [-0.2, -0.15) is 0 Å². The molecule has 0 unspecified atom stereocenters. The van der Waals surface area contributed by atoms with Crippen molar-refractivity contribution in [3.63, 3.8) is 0 Å². The Labute approximate surface area is 157 Å². The summed E-state index contributed by atoms with van der Waals surface area (Å²) in [5.74, 6) is -0.349. The Bertz CT molecular complexity index is 523. The summed E-state index contributed by atoms with van der Waals surface area (Å²) in [7, 11) is -2.31. The van der Waals surface area contributed by atoms with Gasteiger partial charge in [0, 0.05) is 6.42 Å². The maximum Gasteiger partial charge on any atom is 0.417 e. The molecule has 0 aromatic heterocycles. The number of hydrogen-bond donors (Lipinski definition) is 2. The second kappa shape index (κ2) is 7.96. The molecule has 1 fully saturated rings. The van der Waals surface area contributed by atoms with Gasteiger partial charge in [0.15, 0.2) is 8.32 Å². The zero-order chi connectivity index (χ0) is 20.5. The first-order chi connectivity index (χ1) is 11.6. The normalized spacial score (nSPS) is 21.7. The fourth-order valence-electron chi connectivity index (χ4n) is 2.60. The van der Waals surface area contributed by atoms with Gasteiger partial charge in [-0.25, -0.2) is 9.69 Å². The maximum atomic E-state index is 12.6. The van der Waals surface area contributed by atoms with Gasteiger partial charge in [-0.3, -0.25) is 4.79 Å². The van der Waals surface area contributed by atoms with Crippen LogP contribution in [0.5, 0.6) is 0 Å². The fraction of sp³-hybridized carbons (Fsp3) is 0.889. The number of rotatable bonds is 5. The molecule has 26 heavy (non-hydrogen) atoms. The summed E-state index contributed by atoms with van der Waals surface area (Å²) in [4.78, 5) is 25.9. The van der Waals surface area contributed by atoms with Crippen LogP contribution in [0, 0.1) is 0 Å². The Morgan fingerprint density at radius 1 is 1.27 bits per heavy atom. The molecule has 1 aliphatic heterocycles. The van der Waals surface area contributed by atoms with Crippen LogP contribution in [0.4, 0.5) is 4.79 Å². The number of carbonyl (C=O) groups is 2. The summed E-state index contributed by atoms with van der Waals surface area (Å²) >= 11 is 0. The van der Waals surface area contributed by atoms with Crippen LogP contribution in [0.2, 0.25) is 18.1 Å². The zero-order valence-corrected chi connectivity index (χ0v) is 18.3. The second-order valence-electron chi connectivity index (χ2n) is 9.44. The molecule has 0 bridgehead atoms. The summed E-state index contributed by atoms with van der Waals surface area (Å²) in [5, 5.41) is 19.8. The first-order valence-corrected chi connectivity index (χ1v) is 12.0. The van der Waals surface area contributed by atoms with E-state index in [1.54, 1.807) is 20.8 Å². The van der Waals surface area contributed by atoms with E-state index in [0.717, 1.165) is 4.90 Å². The Kier molecular flexibility index (Phi) is 7.06. The molecular formula is C18H35NO6Si. The molecule has 1 rings (SSSR count). The molecule has 8 heteroatoms. The molecule has 0 spiro atoms. The fourth-order valence-corrected chi connectivity index (χ4v) is 3.95. The molecule has 2 N–H and O–H groups in total. The zero-order valence-electron chi connectivity index (χ0n) is 17.3. The molecule has 0 radical (unpaired) electrons. The van der Waals surface area contributed by atoms with Gasteiger partial charge in [0.25, 0.3) is 0 Å². The molecule has 3 atom stereocenters. The van der Waals surface area contributed by atoms with Crippen LogP contribution in [-0.4, -0.2) is 65.9 Å². The van der Waals surface area contributed by atoms with E-state index in [0.29, 0.717) is 6.42 Å². The molecule has 0 aromatic carbocycles. The molecule has 1 heterocycles. The Hall–Kier alpha value is -0.963. The molecule has 0 aromatic rings.